The van der Waals surface area contributed by atoms with E-state index in [1.54, 1.807) is 0 Å². The van der Waals surface area contributed by atoms with Gasteiger partial charge in [-0.15, -0.1) is 10.2 Å². The van der Waals surface area contributed by atoms with Crippen LogP contribution < -0.4 is 9.47 Å². The molecular weight excluding hydrogens is 396 g/mol. The van der Waals surface area contributed by atoms with Crippen molar-refractivity contribution in [2.24, 2.45) is 0 Å². The second-order valence-electron chi connectivity index (χ2n) is 7.87. The molecule has 6 rings (SSSR count). The van der Waals surface area contributed by atoms with Gasteiger partial charge in [0.05, 0.1) is 5.92 Å². The molecule has 0 saturated carbocycles. The van der Waals surface area contributed by atoms with E-state index in [4.69, 9.17) is 13.9 Å². The first-order valence-electron chi connectivity index (χ1n) is 10.3. The van der Waals surface area contributed by atoms with Crippen LogP contribution in [0.15, 0.2) is 52.9 Å². The number of rotatable bonds is 3. The Morgan fingerprint density at radius 2 is 1.97 bits per heavy atom. The second-order valence-corrected chi connectivity index (χ2v) is 7.87. The third-order valence-corrected chi connectivity index (χ3v) is 5.88. The lowest BCUT2D eigenvalue weighted by Crippen LogP contribution is -2.39. The summed E-state index contributed by atoms with van der Waals surface area (Å²) in [5, 5.41) is 9.53. The van der Waals surface area contributed by atoms with Gasteiger partial charge in [-0.1, -0.05) is 18.2 Å². The average molecular weight is 416 g/mol. The Balaban J connectivity index is 1.21. The molecule has 2 aliphatic heterocycles. The number of hydrogen-bond donors (Lipinski definition) is 1. The predicted octanol–water partition coefficient (Wildman–Crippen LogP) is 3.97. The van der Waals surface area contributed by atoms with Gasteiger partial charge in [-0.05, 0) is 43.2 Å². The molecular formula is C23H20N4O4. The highest BCUT2D eigenvalue weighted by atomic mass is 16.7. The molecule has 0 radical (unpaired) electrons. The van der Waals surface area contributed by atoms with Crippen LogP contribution in [-0.4, -0.2) is 45.9 Å². The Labute approximate surface area is 177 Å². The van der Waals surface area contributed by atoms with Crippen LogP contribution in [0.5, 0.6) is 11.5 Å². The zero-order chi connectivity index (χ0) is 20.8. The smallest absolute Gasteiger partial charge is 0.270 e. The van der Waals surface area contributed by atoms with Crippen molar-refractivity contribution in [3.63, 3.8) is 0 Å². The number of carbonyl (C=O) groups excluding carboxylic acids is 1. The van der Waals surface area contributed by atoms with E-state index >= 15 is 0 Å². The van der Waals surface area contributed by atoms with Crippen LogP contribution in [0.25, 0.3) is 22.4 Å². The first-order valence-corrected chi connectivity index (χ1v) is 10.3. The van der Waals surface area contributed by atoms with E-state index in [0.29, 0.717) is 42.1 Å². The third kappa shape index (κ3) is 3.20. The third-order valence-electron chi connectivity index (χ3n) is 5.88. The summed E-state index contributed by atoms with van der Waals surface area (Å²) in [6.07, 6.45) is 1.79. The number of aromatic nitrogens is 3. The van der Waals surface area contributed by atoms with Crippen LogP contribution in [0.2, 0.25) is 0 Å². The van der Waals surface area contributed by atoms with Crippen molar-refractivity contribution in [3.05, 3.63) is 60.1 Å². The summed E-state index contributed by atoms with van der Waals surface area (Å²) in [5.74, 6) is 2.38. The van der Waals surface area contributed by atoms with Crippen molar-refractivity contribution in [2.45, 2.75) is 18.8 Å². The fourth-order valence-electron chi connectivity index (χ4n) is 4.27. The summed E-state index contributed by atoms with van der Waals surface area (Å²) in [7, 11) is 0. The highest BCUT2D eigenvalue weighted by Crippen LogP contribution is 2.36. The van der Waals surface area contributed by atoms with Crippen molar-refractivity contribution >= 4 is 16.8 Å². The largest absolute Gasteiger partial charge is 0.454 e. The van der Waals surface area contributed by atoms with Gasteiger partial charge in [-0.3, -0.25) is 4.79 Å². The van der Waals surface area contributed by atoms with E-state index in [9.17, 15) is 4.79 Å². The summed E-state index contributed by atoms with van der Waals surface area (Å²) < 4.78 is 16.8. The summed E-state index contributed by atoms with van der Waals surface area (Å²) in [6.45, 7) is 1.49. The molecule has 8 nitrogen and oxygen atoms in total. The van der Waals surface area contributed by atoms with E-state index in [1.165, 1.54) is 0 Å². The fourth-order valence-corrected chi connectivity index (χ4v) is 4.27. The number of amides is 1. The number of nitrogens with zero attached hydrogens (tertiary/aromatic N) is 3. The van der Waals surface area contributed by atoms with Crippen LogP contribution in [0.1, 0.15) is 35.1 Å². The van der Waals surface area contributed by atoms with Gasteiger partial charge in [0.15, 0.2) is 11.5 Å². The van der Waals surface area contributed by atoms with Crippen molar-refractivity contribution in [1.29, 1.82) is 0 Å². The molecule has 0 bridgehead atoms. The Hall–Kier alpha value is -3.81. The molecule has 31 heavy (non-hydrogen) atoms. The number of fused-ring (bicyclic) bond motifs is 2. The Bertz CT molecular complexity index is 1240. The molecule has 2 aromatic carbocycles. The molecule has 0 spiro atoms. The predicted molar refractivity (Wildman–Crippen MR) is 112 cm³/mol. The topological polar surface area (TPSA) is 93.5 Å². The number of ether oxygens (including phenoxy) is 2. The van der Waals surface area contributed by atoms with Gasteiger partial charge in [0.2, 0.25) is 18.6 Å². The maximum absolute atomic E-state index is 13.1. The van der Waals surface area contributed by atoms with Crippen molar-refractivity contribution in [2.75, 3.05) is 19.9 Å². The lowest BCUT2D eigenvalue weighted by molar-refractivity contribution is 0.0693. The number of piperidine rings is 1. The summed E-state index contributed by atoms with van der Waals surface area (Å²) in [4.78, 5) is 18.2. The molecule has 4 heterocycles. The number of carbonyl (C=O) groups is 1. The van der Waals surface area contributed by atoms with Crippen molar-refractivity contribution in [1.82, 2.24) is 20.1 Å². The molecule has 1 saturated heterocycles. The number of H-pyrrole nitrogens is 1. The van der Waals surface area contributed by atoms with Crippen LogP contribution in [0.4, 0.5) is 0 Å². The van der Waals surface area contributed by atoms with Crippen LogP contribution >= 0.6 is 0 Å². The average Bonchev–Trinajstić information content (AvgIpc) is 3.57. The number of aromatic amines is 1. The SMILES string of the molecule is O=C(c1cc2ccccc2[nH]1)N1CCCC(c2nnc(-c3ccc4c(c3)OCO4)o2)C1. The molecule has 8 heteroatoms. The number of hydrogen-bond acceptors (Lipinski definition) is 6. The first-order chi connectivity index (χ1) is 15.2. The zero-order valence-electron chi connectivity index (χ0n) is 16.7. The lowest BCUT2D eigenvalue weighted by atomic mass is 9.98. The van der Waals surface area contributed by atoms with Gasteiger partial charge < -0.3 is 23.8 Å². The zero-order valence-corrected chi connectivity index (χ0v) is 16.7. The van der Waals surface area contributed by atoms with Gasteiger partial charge in [0.1, 0.15) is 5.69 Å². The minimum absolute atomic E-state index is 0.00332. The van der Waals surface area contributed by atoms with E-state index in [2.05, 4.69) is 15.2 Å². The fraction of sp³-hybridized carbons (Fsp3) is 0.261. The van der Waals surface area contributed by atoms with Gasteiger partial charge in [-0.2, -0.15) is 0 Å². The van der Waals surface area contributed by atoms with Crippen LogP contribution in [0, 0.1) is 0 Å². The molecule has 1 amide bonds. The van der Waals surface area contributed by atoms with E-state index in [1.807, 2.05) is 53.4 Å². The van der Waals surface area contributed by atoms with Gasteiger partial charge >= 0.3 is 0 Å². The van der Waals surface area contributed by atoms with E-state index in [-0.39, 0.29) is 18.6 Å². The molecule has 2 aromatic heterocycles. The molecule has 4 aromatic rings. The monoisotopic (exact) mass is 416 g/mol. The number of likely N-dealkylation sites (tertiary alicyclic amines) is 1. The Kier molecular flexibility index (Phi) is 4.15. The maximum atomic E-state index is 13.1. The van der Waals surface area contributed by atoms with Gasteiger partial charge in [0.25, 0.3) is 5.91 Å². The van der Waals surface area contributed by atoms with Crippen molar-refractivity contribution < 1.29 is 18.7 Å². The van der Waals surface area contributed by atoms with Gasteiger partial charge in [-0.25, -0.2) is 0 Å². The molecule has 1 N–H and O–H groups in total. The normalized spacial score (nSPS) is 17.9. The van der Waals surface area contributed by atoms with E-state index < -0.39 is 0 Å². The standard InChI is InChI=1S/C23H20N4O4/c28-23(18-10-14-4-1-2-6-17(14)24-18)27-9-3-5-16(12-27)22-26-25-21(31-22)15-7-8-19-20(11-15)30-13-29-19/h1-2,4,6-8,10-11,16,24H,3,5,9,12-13H2. The van der Waals surface area contributed by atoms with E-state index in [0.717, 1.165) is 29.3 Å². The summed E-state index contributed by atoms with van der Waals surface area (Å²) >= 11 is 0. The summed E-state index contributed by atoms with van der Waals surface area (Å²) in [5.41, 5.74) is 2.35. The molecule has 0 aliphatic carbocycles. The minimum atomic E-state index is -0.00332. The maximum Gasteiger partial charge on any atom is 0.270 e. The Morgan fingerprint density at radius 3 is 2.90 bits per heavy atom. The van der Waals surface area contributed by atoms with Gasteiger partial charge in [0, 0.05) is 29.6 Å². The van der Waals surface area contributed by atoms with Crippen molar-refractivity contribution in [3.8, 4) is 23.0 Å². The quantitative estimate of drug-likeness (QED) is 0.543. The summed E-state index contributed by atoms with van der Waals surface area (Å²) in [6, 6.07) is 15.4. The Morgan fingerprint density at radius 1 is 1.06 bits per heavy atom. The highest BCUT2D eigenvalue weighted by molar-refractivity contribution is 5.98. The molecule has 156 valence electrons. The minimum Gasteiger partial charge on any atom is -0.454 e. The van der Waals surface area contributed by atoms with Crippen LogP contribution in [-0.2, 0) is 0 Å². The number of para-hydroxylation sites is 1. The van der Waals surface area contributed by atoms with Crippen LogP contribution in [0.3, 0.4) is 0 Å². The number of benzene rings is 2. The highest BCUT2D eigenvalue weighted by Gasteiger charge is 2.30. The number of nitrogens with one attached hydrogen (secondary N) is 1. The first kappa shape index (κ1) is 18.0. The molecule has 2 aliphatic rings. The molecule has 1 fully saturated rings. The second kappa shape index (κ2) is 7.16. The lowest BCUT2D eigenvalue weighted by Gasteiger charge is -2.30. The molecule has 1 atom stereocenters. The molecule has 1 unspecified atom stereocenters.